The summed E-state index contributed by atoms with van der Waals surface area (Å²) >= 11 is 1.20. The van der Waals surface area contributed by atoms with Gasteiger partial charge in [0.1, 0.15) is 6.04 Å². The van der Waals surface area contributed by atoms with Crippen LogP contribution >= 0.6 is 11.8 Å². The lowest BCUT2D eigenvalue weighted by molar-refractivity contribution is -0.142. The molecule has 1 saturated heterocycles. The van der Waals surface area contributed by atoms with Gasteiger partial charge in [-0.25, -0.2) is 4.98 Å². The van der Waals surface area contributed by atoms with Crippen molar-refractivity contribution in [2.75, 3.05) is 29.5 Å². The van der Waals surface area contributed by atoms with Gasteiger partial charge in [0, 0.05) is 42.8 Å². The fourth-order valence-electron chi connectivity index (χ4n) is 3.95. The Morgan fingerprint density at radius 3 is 2.50 bits per heavy atom. The van der Waals surface area contributed by atoms with E-state index in [4.69, 9.17) is 0 Å². The molecule has 188 valence electrons. The van der Waals surface area contributed by atoms with Gasteiger partial charge in [0.05, 0.1) is 12.2 Å². The van der Waals surface area contributed by atoms with Crippen LogP contribution in [0.25, 0.3) is 5.78 Å². The summed E-state index contributed by atoms with van der Waals surface area (Å²) in [6, 6.07) is 7.58. The molecule has 0 spiro atoms. The summed E-state index contributed by atoms with van der Waals surface area (Å²) in [5, 5.41) is 16.8. The first kappa shape index (κ1) is 25.1. The summed E-state index contributed by atoms with van der Waals surface area (Å²) in [4.78, 5) is 55.2. The second kappa shape index (κ2) is 10.7. The molecule has 0 bridgehead atoms. The standard InChI is InChI=1S/C23H26N8O4S/c1-13-10-14(2)31-22(25-13)28-29-23(31)36-12-20(34)30-9-8-24-21(35)18(30)11-19(33)27-17-6-4-16(5-7-17)26-15(3)32/h4-7,10,18H,8-9,11-12H2,1-3H3,(H,24,35)(H,26,32)(H,27,33)/t18-/m0/s1. The maximum absolute atomic E-state index is 13.1. The third kappa shape index (κ3) is 5.79. The van der Waals surface area contributed by atoms with E-state index in [1.54, 1.807) is 28.7 Å². The van der Waals surface area contributed by atoms with Gasteiger partial charge in [-0.05, 0) is 44.2 Å². The topological polar surface area (TPSA) is 151 Å². The Hall–Kier alpha value is -4.00. The van der Waals surface area contributed by atoms with Crippen molar-refractivity contribution in [3.8, 4) is 0 Å². The SMILES string of the molecule is CC(=O)Nc1ccc(NC(=O)C[C@H]2C(=O)NCCN2C(=O)CSc2nnc3nc(C)cc(C)n23)cc1. The number of fused-ring (bicyclic) bond motifs is 1. The second-order valence-electron chi connectivity index (χ2n) is 8.35. The molecular weight excluding hydrogens is 484 g/mol. The smallest absolute Gasteiger partial charge is 0.256 e. The zero-order valence-corrected chi connectivity index (χ0v) is 20.9. The minimum absolute atomic E-state index is 0.0319. The van der Waals surface area contributed by atoms with Crippen molar-refractivity contribution in [2.24, 2.45) is 0 Å². The van der Waals surface area contributed by atoms with Crippen LogP contribution in [0.2, 0.25) is 0 Å². The van der Waals surface area contributed by atoms with Gasteiger partial charge in [-0.2, -0.15) is 0 Å². The summed E-state index contributed by atoms with van der Waals surface area (Å²) in [5.41, 5.74) is 2.83. The number of benzene rings is 1. The molecule has 0 saturated carbocycles. The number of hydrogen-bond acceptors (Lipinski definition) is 8. The van der Waals surface area contributed by atoms with Gasteiger partial charge < -0.3 is 20.9 Å². The van der Waals surface area contributed by atoms with Crippen molar-refractivity contribution in [3.63, 3.8) is 0 Å². The summed E-state index contributed by atoms with van der Waals surface area (Å²) in [6.07, 6.45) is -0.189. The Bertz CT molecular complexity index is 1320. The Morgan fingerprint density at radius 2 is 1.81 bits per heavy atom. The van der Waals surface area contributed by atoms with E-state index in [9.17, 15) is 19.2 Å². The summed E-state index contributed by atoms with van der Waals surface area (Å²) in [6.45, 7) is 5.80. The molecule has 1 aromatic carbocycles. The van der Waals surface area contributed by atoms with Gasteiger partial charge in [-0.15, -0.1) is 10.2 Å². The van der Waals surface area contributed by atoms with Crippen LogP contribution in [0, 0.1) is 13.8 Å². The average molecular weight is 511 g/mol. The molecule has 1 aliphatic heterocycles. The highest BCUT2D eigenvalue weighted by atomic mass is 32.2. The number of carbonyl (C=O) groups excluding carboxylic acids is 4. The van der Waals surface area contributed by atoms with Gasteiger partial charge in [0.25, 0.3) is 5.78 Å². The molecule has 36 heavy (non-hydrogen) atoms. The lowest BCUT2D eigenvalue weighted by atomic mass is 10.1. The first-order valence-electron chi connectivity index (χ1n) is 11.3. The van der Waals surface area contributed by atoms with E-state index in [1.807, 2.05) is 19.9 Å². The fraction of sp³-hybridized carbons (Fsp3) is 0.348. The summed E-state index contributed by atoms with van der Waals surface area (Å²) < 4.78 is 1.77. The molecule has 4 amide bonds. The molecule has 4 rings (SSSR count). The molecule has 3 heterocycles. The molecule has 13 heteroatoms. The number of rotatable bonds is 7. The van der Waals surface area contributed by atoms with Gasteiger partial charge in [0.15, 0.2) is 5.16 Å². The first-order valence-corrected chi connectivity index (χ1v) is 12.3. The van der Waals surface area contributed by atoms with E-state index in [-0.39, 0.29) is 29.9 Å². The third-order valence-electron chi connectivity index (χ3n) is 5.51. The van der Waals surface area contributed by atoms with E-state index in [1.165, 1.54) is 23.6 Å². The predicted molar refractivity (Wildman–Crippen MR) is 133 cm³/mol. The summed E-state index contributed by atoms with van der Waals surface area (Å²) in [5.74, 6) is -0.766. The van der Waals surface area contributed by atoms with Crippen molar-refractivity contribution < 1.29 is 19.2 Å². The van der Waals surface area contributed by atoms with Crippen LogP contribution in [0.4, 0.5) is 11.4 Å². The minimum atomic E-state index is -0.924. The molecule has 12 nitrogen and oxygen atoms in total. The number of hydrogen-bond donors (Lipinski definition) is 3. The number of amides is 4. The van der Waals surface area contributed by atoms with Gasteiger partial charge >= 0.3 is 0 Å². The first-order chi connectivity index (χ1) is 17.2. The molecule has 1 aliphatic rings. The van der Waals surface area contributed by atoms with Crippen LogP contribution in [0.15, 0.2) is 35.5 Å². The summed E-state index contributed by atoms with van der Waals surface area (Å²) in [7, 11) is 0. The van der Waals surface area contributed by atoms with E-state index in [0.29, 0.717) is 35.4 Å². The van der Waals surface area contributed by atoms with Gasteiger partial charge in [-0.1, -0.05) is 11.8 Å². The average Bonchev–Trinajstić information content (AvgIpc) is 3.23. The lowest BCUT2D eigenvalue weighted by Crippen LogP contribution is -2.58. The molecule has 3 aromatic rings. The number of nitrogens with zero attached hydrogens (tertiary/aromatic N) is 5. The van der Waals surface area contributed by atoms with Crippen LogP contribution < -0.4 is 16.0 Å². The maximum atomic E-state index is 13.1. The van der Waals surface area contributed by atoms with E-state index >= 15 is 0 Å². The van der Waals surface area contributed by atoms with E-state index < -0.39 is 11.9 Å². The molecule has 0 radical (unpaired) electrons. The number of piperazine rings is 1. The highest BCUT2D eigenvalue weighted by Crippen LogP contribution is 2.21. The second-order valence-corrected chi connectivity index (χ2v) is 9.29. The zero-order valence-electron chi connectivity index (χ0n) is 20.1. The highest BCUT2D eigenvalue weighted by Gasteiger charge is 2.34. The molecule has 3 N–H and O–H groups in total. The minimum Gasteiger partial charge on any atom is -0.353 e. The van der Waals surface area contributed by atoms with Crippen LogP contribution in [0.5, 0.6) is 0 Å². The molecule has 1 atom stereocenters. The van der Waals surface area contributed by atoms with Crippen molar-refractivity contribution in [1.29, 1.82) is 0 Å². The van der Waals surface area contributed by atoms with Crippen molar-refractivity contribution in [3.05, 3.63) is 41.7 Å². The van der Waals surface area contributed by atoms with Crippen molar-refractivity contribution >= 4 is 52.5 Å². The monoisotopic (exact) mass is 510 g/mol. The van der Waals surface area contributed by atoms with Crippen LogP contribution in [0.3, 0.4) is 0 Å². The quantitative estimate of drug-likeness (QED) is 0.401. The van der Waals surface area contributed by atoms with Gasteiger partial charge in [-0.3, -0.25) is 23.6 Å². The van der Waals surface area contributed by atoms with Gasteiger partial charge in [0.2, 0.25) is 23.6 Å². The van der Waals surface area contributed by atoms with E-state index in [2.05, 4.69) is 31.1 Å². The zero-order chi connectivity index (χ0) is 25.8. The molecular formula is C23H26N8O4S. The molecule has 0 unspecified atom stereocenters. The fourth-order valence-corrected chi connectivity index (χ4v) is 4.82. The van der Waals surface area contributed by atoms with Crippen LogP contribution in [0.1, 0.15) is 24.7 Å². The predicted octanol–water partition coefficient (Wildman–Crippen LogP) is 1.15. The third-order valence-corrected chi connectivity index (χ3v) is 6.42. The Labute approximate surface area is 211 Å². The highest BCUT2D eigenvalue weighted by molar-refractivity contribution is 7.99. The number of anilines is 2. The Balaban J connectivity index is 1.39. The molecule has 1 fully saturated rings. The normalized spacial score (nSPS) is 15.5. The molecule has 0 aliphatic carbocycles. The Morgan fingerprint density at radius 1 is 1.11 bits per heavy atom. The lowest BCUT2D eigenvalue weighted by Gasteiger charge is -2.34. The number of carbonyl (C=O) groups is 4. The number of nitrogens with one attached hydrogen (secondary N) is 3. The van der Waals surface area contributed by atoms with Crippen LogP contribution in [-0.2, 0) is 19.2 Å². The Kier molecular flexibility index (Phi) is 7.48. The number of thioether (sulfide) groups is 1. The van der Waals surface area contributed by atoms with Crippen molar-refractivity contribution in [1.82, 2.24) is 29.8 Å². The number of aryl methyl sites for hydroxylation is 2. The number of aromatic nitrogens is 4. The largest absolute Gasteiger partial charge is 0.353 e. The van der Waals surface area contributed by atoms with E-state index in [0.717, 1.165) is 11.4 Å². The van der Waals surface area contributed by atoms with Crippen LogP contribution in [-0.4, -0.2) is 73.0 Å². The maximum Gasteiger partial charge on any atom is 0.256 e. The van der Waals surface area contributed by atoms with Crippen molar-refractivity contribution in [2.45, 2.75) is 38.4 Å². The molecule has 2 aromatic heterocycles.